The van der Waals surface area contributed by atoms with E-state index in [0.29, 0.717) is 0 Å². The largest absolute Gasteiger partial charge is 0.396 e. The molecule has 1 aliphatic rings. The molecule has 0 N–H and O–H groups in total. The number of nitrogens with zero attached hydrogens (tertiary/aromatic N) is 1. The molecule has 0 amide bonds. The van der Waals surface area contributed by atoms with Gasteiger partial charge in [0.25, 0.3) is 0 Å². The molecule has 1 aromatic rings. The Kier molecular flexibility index (Phi) is 12.9. The van der Waals surface area contributed by atoms with Gasteiger partial charge < -0.3 is 21.9 Å². The third kappa shape index (κ3) is 8.22. The van der Waals surface area contributed by atoms with E-state index in [-0.39, 0.29) is 0 Å². The summed E-state index contributed by atoms with van der Waals surface area (Å²) in [5.74, 6) is 0. The highest BCUT2D eigenvalue weighted by atomic mass is 79.9. The van der Waals surface area contributed by atoms with Crippen molar-refractivity contribution in [3.8, 4) is 0 Å². The molecule has 0 spiro atoms. The van der Waals surface area contributed by atoms with Crippen molar-refractivity contribution in [2.75, 3.05) is 15.7 Å². The molecule has 0 aromatic heterocycles. The normalized spacial score (nSPS) is 17.5. The van der Waals surface area contributed by atoms with Gasteiger partial charge in [0, 0.05) is 10.2 Å². The zero-order chi connectivity index (χ0) is 18.9. The fourth-order valence-electron chi connectivity index (χ4n) is 3.62. The Balaban J connectivity index is 2.26. The summed E-state index contributed by atoms with van der Waals surface area (Å²) in [6.45, 7) is 9.90. The summed E-state index contributed by atoms with van der Waals surface area (Å²) in [5.41, 5.74) is 1.48. The van der Waals surface area contributed by atoms with E-state index in [1.807, 2.05) is 0 Å². The fraction of sp³-hybridized carbons (Fsp3) is 0.667. The number of halogens is 1. The maximum atomic E-state index is 3.62. The Labute approximate surface area is 192 Å². The molecule has 1 aliphatic heterocycles. The molecular weight excluding hydrogens is 482 g/mol. The van der Waals surface area contributed by atoms with Gasteiger partial charge in [0.15, 0.2) is 0 Å². The lowest BCUT2D eigenvalue weighted by Gasteiger charge is -2.30. The van der Waals surface area contributed by atoms with Crippen LogP contribution in [0.5, 0.6) is 0 Å². The van der Waals surface area contributed by atoms with Crippen LogP contribution in [0.2, 0.25) is 31.7 Å². The van der Waals surface area contributed by atoms with Crippen LogP contribution < -0.4 is 4.90 Å². The van der Waals surface area contributed by atoms with E-state index in [1.54, 1.807) is 10.6 Å². The molecule has 1 aromatic carbocycles. The highest BCUT2D eigenvalue weighted by Crippen LogP contribution is 2.31. The van der Waals surface area contributed by atoms with E-state index >= 15 is 0 Å². The Morgan fingerprint density at radius 1 is 0.769 bits per heavy atom. The Hall–Kier alpha value is 2.33. The Morgan fingerprint density at radius 3 is 1.58 bits per heavy atom. The van der Waals surface area contributed by atoms with Crippen molar-refractivity contribution in [2.45, 2.75) is 59.4 Å². The summed E-state index contributed by atoms with van der Waals surface area (Å²) in [5, 5.41) is 12.0. The zero-order valence-electron chi connectivity index (χ0n) is 16.9. The number of hydrogen-bond acceptors (Lipinski definition) is 3. The highest BCUT2D eigenvalue weighted by Gasteiger charge is 2.33. The Morgan fingerprint density at radius 2 is 1.19 bits per heavy atom. The van der Waals surface area contributed by atoms with Crippen molar-refractivity contribution in [1.82, 2.24) is 0 Å². The first-order valence-corrected chi connectivity index (χ1v) is 25.3. The van der Waals surface area contributed by atoms with Crippen LogP contribution in [0.4, 0.5) is 5.69 Å². The van der Waals surface area contributed by atoms with E-state index < -0.39 is 52.1 Å². The molecule has 0 unspecified atom stereocenters. The van der Waals surface area contributed by atoms with Crippen molar-refractivity contribution in [1.29, 1.82) is 0 Å². The lowest BCUT2D eigenvalue weighted by molar-refractivity contribution is 1.02. The van der Waals surface area contributed by atoms with E-state index in [0.717, 1.165) is 0 Å². The average Bonchev–Trinajstić information content (AvgIpc) is 2.70. The van der Waals surface area contributed by atoms with Crippen LogP contribution in [0.15, 0.2) is 28.7 Å². The van der Waals surface area contributed by atoms with E-state index in [1.165, 1.54) is 42.1 Å². The van der Waals surface area contributed by atoms with Gasteiger partial charge in [0.1, 0.15) is 0 Å². The van der Waals surface area contributed by atoms with Crippen LogP contribution in [0.25, 0.3) is 0 Å². The second-order valence-corrected chi connectivity index (χ2v) is 33.5. The van der Waals surface area contributed by atoms with Crippen molar-refractivity contribution in [2.24, 2.45) is 0 Å². The third-order valence-corrected chi connectivity index (χ3v) is 40.3. The van der Waals surface area contributed by atoms with Gasteiger partial charge in [0.05, 0.1) is 0 Å². The van der Waals surface area contributed by atoms with Crippen molar-refractivity contribution < 1.29 is 0 Å². The first kappa shape index (κ1) is 24.6. The Bertz CT molecular complexity index is 498. The standard InChI is InChI=1S/C8H8BrN.4C2H5.C2H4.4Al.2S/c1-10(2)8-5-3-7(9)4-6-8;5*1-2;;;;;;/h3-6H,1-2H2;4*1H2,2H3;1-2H2;;;;;;. The first-order chi connectivity index (χ1) is 12.6. The van der Waals surface area contributed by atoms with Gasteiger partial charge in [-0.05, 0) is 35.1 Å². The summed E-state index contributed by atoms with van der Waals surface area (Å²) in [7, 11) is 5.15. The van der Waals surface area contributed by atoms with Crippen LogP contribution in [0.3, 0.4) is 0 Å². The lowest BCUT2D eigenvalue weighted by atomic mass is 10.3. The molecule has 8 heteroatoms. The number of anilines is 1. The third-order valence-electron chi connectivity index (χ3n) is 5.44. The summed E-state index contributed by atoms with van der Waals surface area (Å²) in [4.78, 5) is 2.83. The predicted molar refractivity (Wildman–Crippen MR) is 136 cm³/mol. The molecule has 1 saturated heterocycles. The van der Waals surface area contributed by atoms with Crippen LogP contribution in [0.1, 0.15) is 27.7 Å². The average molecular weight is 514 g/mol. The predicted octanol–water partition coefficient (Wildman–Crippen LogP) is 6.86. The summed E-state index contributed by atoms with van der Waals surface area (Å²) < 4.78 is 1.20. The van der Waals surface area contributed by atoms with E-state index in [2.05, 4.69) is 89.8 Å². The van der Waals surface area contributed by atoms with Crippen molar-refractivity contribution in [3.63, 3.8) is 0 Å². The lowest BCUT2D eigenvalue weighted by Crippen LogP contribution is -2.40. The highest BCUT2D eigenvalue weighted by molar-refractivity contribution is 9.10. The zero-order valence-corrected chi connectivity index (χ0v) is 24.8. The van der Waals surface area contributed by atoms with Gasteiger partial charge in [-0.2, -0.15) is 0 Å². The van der Waals surface area contributed by atoms with Gasteiger partial charge in [-0.3, -0.25) is 0 Å². The van der Waals surface area contributed by atoms with Crippen LogP contribution >= 0.6 is 32.9 Å². The molecule has 0 bridgehead atoms. The molecule has 26 heavy (non-hydrogen) atoms. The van der Waals surface area contributed by atoms with Gasteiger partial charge in [-0.25, -0.2) is 0 Å². The first-order valence-electron chi connectivity index (χ1n) is 10.4. The monoisotopic (exact) mass is 513 g/mol. The fourth-order valence-corrected chi connectivity index (χ4v) is 43.7. The minimum atomic E-state index is -0.710. The molecule has 140 valence electrons. The minimum absolute atomic E-state index is 0.554. The van der Waals surface area contributed by atoms with Crippen LogP contribution in [0, 0.1) is 0 Å². The molecule has 0 aliphatic carbocycles. The van der Waals surface area contributed by atoms with E-state index in [9.17, 15) is 0 Å². The smallest absolute Gasteiger partial charge is 0.348 e. The summed E-state index contributed by atoms with van der Waals surface area (Å²) in [6, 6.07) is 9.17. The second-order valence-electron chi connectivity index (χ2n) is 7.35. The minimum Gasteiger partial charge on any atom is -0.396 e. The van der Waals surface area contributed by atoms with Crippen LogP contribution in [-0.4, -0.2) is 62.9 Å². The topological polar surface area (TPSA) is 3.24 Å². The number of hydrogen-bond donors (Lipinski definition) is 0. The molecule has 2 rings (SSSR count). The van der Waals surface area contributed by atoms with Gasteiger partial charge in [-0.1, -0.05) is 75.3 Å². The molecular formula is C18H32Al4BrNS2. The summed E-state index contributed by atoms with van der Waals surface area (Å²) in [6.07, 6.45) is 0. The second kappa shape index (κ2) is 13.6. The number of rotatable bonds is 5. The molecule has 0 saturated carbocycles. The van der Waals surface area contributed by atoms with Crippen molar-refractivity contribution >= 4 is 90.7 Å². The quantitative estimate of drug-likeness (QED) is 0.396. The van der Waals surface area contributed by atoms with Gasteiger partial charge in [0.2, 0.25) is 0 Å². The molecule has 1 nitrogen and oxygen atoms in total. The van der Waals surface area contributed by atoms with Gasteiger partial charge >= 0.3 is 52.1 Å². The maximum absolute atomic E-state index is 3.62. The SMILES string of the molecule is C[CH2][Al]1[CH2][CH2][Al]([CH2]C)[S][Al]([CH2]C)[CH2]N(c2ccc(Br)cc2)[CH2][Al]([CH2]C)[S]1. The maximum Gasteiger partial charge on any atom is 0.348 e. The molecule has 0 atom stereocenters. The molecule has 0 radical (unpaired) electrons. The number of benzene rings is 1. The van der Waals surface area contributed by atoms with E-state index in [4.69, 9.17) is 0 Å². The summed E-state index contributed by atoms with van der Waals surface area (Å²) >= 11 is 1.09. The van der Waals surface area contributed by atoms with Gasteiger partial charge in [-0.15, -0.1) is 0 Å². The van der Waals surface area contributed by atoms with Crippen molar-refractivity contribution in [3.05, 3.63) is 28.7 Å². The van der Waals surface area contributed by atoms with Crippen LogP contribution in [-0.2, 0) is 0 Å². The molecule has 1 fully saturated rings. The molecule has 1 heterocycles.